The maximum atomic E-state index is 12.6. The first-order chi connectivity index (χ1) is 10.7. The molecule has 0 saturated heterocycles. The summed E-state index contributed by atoms with van der Waals surface area (Å²) in [7, 11) is 0. The van der Waals surface area contributed by atoms with Gasteiger partial charge in [0, 0.05) is 28.8 Å². The number of amides is 1. The van der Waals surface area contributed by atoms with Crippen molar-refractivity contribution in [1.29, 1.82) is 0 Å². The number of nitrogens with one attached hydrogen (secondary N) is 2. The lowest BCUT2D eigenvalue weighted by Crippen LogP contribution is -2.13. The van der Waals surface area contributed by atoms with Crippen LogP contribution in [0, 0.1) is 6.92 Å². The van der Waals surface area contributed by atoms with E-state index >= 15 is 0 Å². The molecular formula is C17H16N4O. The molecule has 1 aliphatic rings. The van der Waals surface area contributed by atoms with E-state index in [1.165, 1.54) is 12.8 Å². The second-order valence-corrected chi connectivity index (χ2v) is 5.77. The van der Waals surface area contributed by atoms with Crippen molar-refractivity contribution in [3.8, 4) is 0 Å². The van der Waals surface area contributed by atoms with Gasteiger partial charge in [-0.15, -0.1) is 0 Å². The van der Waals surface area contributed by atoms with Crippen LogP contribution in [0.4, 0.5) is 5.82 Å². The third kappa shape index (κ3) is 2.35. The van der Waals surface area contributed by atoms with Gasteiger partial charge in [-0.3, -0.25) is 14.9 Å². The highest BCUT2D eigenvalue weighted by Crippen LogP contribution is 2.39. The molecule has 0 bridgehead atoms. The van der Waals surface area contributed by atoms with Gasteiger partial charge in [0.15, 0.2) is 5.82 Å². The van der Waals surface area contributed by atoms with E-state index in [0.29, 0.717) is 17.3 Å². The molecule has 1 aliphatic carbocycles. The Morgan fingerprint density at radius 2 is 2.09 bits per heavy atom. The highest BCUT2D eigenvalue weighted by Gasteiger charge is 2.25. The minimum Gasteiger partial charge on any atom is -0.305 e. The van der Waals surface area contributed by atoms with E-state index in [2.05, 4.69) is 20.5 Å². The number of hydrogen-bond acceptors (Lipinski definition) is 3. The number of para-hydroxylation sites is 1. The largest absolute Gasteiger partial charge is 0.305 e. The molecule has 0 unspecified atom stereocenters. The summed E-state index contributed by atoms with van der Waals surface area (Å²) in [5, 5.41) is 10.9. The van der Waals surface area contributed by atoms with Gasteiger partial charge in [-0.2, -0.15) is 5.10 Å². The minimum atomic E-state index is -0.157. The number of carbonyl (C=O) groups is 1. The molecule has 2 N–H and O–H groups in total. The fourth-order valence-electron chi connectivity index (χ4n) is 2.68. The average Bonchev–Trinajstić information content (AvgIpc) is 3.26. The Morgan fingerprint density at radius 1 is 1.27 bits per heavy atom. The Labute approximate surface area is 127 Å². The van der Waals surface area contributed by atoms with Gasteiger partial charge >= 0.3 is 0 Å². The Bertz CT molecular complexity index is 864. The Balaban J connectivity index is 1.66. The maximum Gasteiger partial charge on any atom is 0.257 e. The number of anilines is 1. The van der Waals surface area contributed by atoms with Crippen LogP contribution in [-0.2, 0) is 0 Å². The Kier molecular flexibility index (Phi) is 2.92. The lowest BCUT2D eigenvalue weighted by Gasteiger charge is -2.07. The zero-order chi connectivity index (χ0) is 15.1. The zero-order valence-electron chi connectivity index (χ0n) is 12.3. The Morgan fingerprint density at radius 3 is 2.91 bits per heavy atom. The first-order valence-electron chi connectivity index (χ1n) is 7.44. The van der Waals surface area contributed by atoms with Gasteiger partial charge in [0.2, 0.25) is 0 Å². The van der Waals surface area contributed by atoms with Crippen molar-refractivity contribution in [3.63, 3.8) is 0 Å². The Hall–Kier alpha value is -2.69. The van der Waals surface area contributed by atoms with Gasteiger partial charge in [-0.05, 0) is 31.9 Å². The van der Waals surface area contributed by atoms with Crippen LogP contribution in [0.3, 0.4) is 0 Å². The summed E-state index contributed by atoms with van der Waals surface area (Å²) < 4.78 is 0. The second kappa shape index (κ2) is 4.94. The predicted octanol–water partition coefficient (Wildman–Crippen LogP) is 3.40. The molecule has 0 spiro atoms. The van der Waals surface area contributed by atoms with Crippen LogP contribution < -0.4 is 5.32 Å². The van der Waals surface area contributed by atoms with Crippen molar-refractivity contribution < 1.29 is 4.79 Å². The summed E-state index contributed by atoms with van der Waals surface area (Å²) in [6.07, 6.45) is 2.40. The molecule has 4 rings (SSSR count). The molecule has 0 aliphatic heterocycles. The van der Waals surface area contributed by atoms with Crippen LogP contribution in [0.2, 0.25) is 0 Å². The molecular weight excluding hydrogens is 276 g/mol. The highest BCUT2D eigenvalue weighted by molar-refractivity contribution is 6.12. The molecule has 2 heterocycles. The number of hydrogen-bond donors (Lipinski definition) is 2. The third-order valence-electron chi connectivity index (χ3n) is 3.95. The number of aromatic amines is 1. The van der Waals surface area contributed by atoms with Crippen molar-refractivity contribution in [2.24, 2.45) is 0 Å². The SMILES string of the molecule is Cc1cc(C(=O)Nc2cc(C3CC3)[nH]n2)c2ccccc2n1. The van der Waals surface area contributed by atoms with Crippen LogP contribution >= 0.6 is 0 Å². The fraction of sp³-hybridized carbons (Fsp3) is 0.235. The highest BCUT2D eigenvalue weighted by atomic mass is 16.1. The van der Waals surface area contributed by atoms with Gasteiger partial charge < -0.3 is 5.32 Å². The van der Waals surface area contributed by atoms with Crippen LogP contribution in [-0.4, -0.2) is 21.1 Å². The van der Waals surface area contributed by atoms with E-state index < -0.39 is 0 Å². The van der Waals surface area contributed by atoms with E-state index in [0.717, 1.165) is 22.3 Å². The van der Waals surface area contributed by atoms with Gasteiger partial charge in [0.05, 0.1) is 11.1 Å². The van der Waals surface area contributed by atoms with E-state index in [9.17, 15) is 4.79 Å². The van der Waals surface area contributed by atoms with Crippen LogP contribution in [0.1, 0.15) is 40.5 Å². The fourth-order valence-corrected chi connectivity index (χ4v) is 2.68. The van der Waals surface area contributed by atoms with Gasteiger partial charge in [-0.1, -0.05) is 18.2 Å². The van der Waals surface area contributed by atoms with Gasteiger partial charge in [0.1, 0.15) is 0 Å². The number of rotatable bonds is 3. The summed E-state index contributed by atoms with van der Waals surface area (Å²) in [5.41, 5.74) is 3.38. The second-order valence-electron chi connectivity index (χ2n) is 5.77. The standard InChI is InChI=1S/C17H16N4O/c1-10-8-13(12-4-2-3-5-14(12)18-10)17(22)19-16-9-15(20-21-16)11-6-7-11/h2-5,8-9,11H,6-7H2,1H3,(H2,19,20,21,22). The number of aryl methyl sites for hydroxylation is 1. The lowest BCUT2D eigenvalue weighted by atomic mass is 10.1. The molecule has 110 valence electrons. The molecule has 1 amide bonds. The molecule has 1 fully saturated rings. The molecule has 0 radical (unpaired) electrons. The van der Waals surface area contributed by atoms with Crippen LogP contribution in [0.25, 0.3) is 10.9 Å². The van der Waals surface area contributed by atoms with Crippen molar-refractivity contribution in [2.75, 3.05) is 5.32 Å². The van der Waals surface area contributed by atoms with Crippen molar-refractivity contribution in [3.05, 3.63) is 53.3 Å². The number of benzene rings is 1. The topological polar surface area (TPSA) is 70.7 Å². The average molecular weight is 292 g/mol. The summed E-state index contributed by atoms with van der Waals surface area (Å²) in [5.74, 6) is 1.00. The molecule has 2 aromatic heterocycles. The number of carbonyl (C=O) groups excluding carboxylic acids is 1. The summed E-state index contributed by atoms with van der Waals surface area (Å²) in [6.45, 7) is 1.89. The maximum absolute atomic E-state index is 12.6. The number of H-pyrrole nitrogens is 1. The van der Waals surface area contributed by atoms with Gasteiger partial charge in [0.25, 0.3) is 5.91 Å². The molecule has 5 nitrogen and oxygen atoms in total. The van der Waals surface area contributed by atoms with E-state index in [1.54, 1.807) is 0 Å². The molecule has 1 aromatic carbocycles. The number of fused-ring (bicyclic) bond motifs is 1. The van der Waals surface area contributed by atoms with E-state index in [-0.39, 0.29) is 5.91 Å². The molecule has 5 heteroatoms. The van der Waals surface area contributed by atoms with Crippen molar-refractivity contribution in [2.45, 2.75) is 25.7 Å². The van der Waals surface area contributed by atoms with Crippen molar-refractivity contribution in [1.82, 2.24) is 15.2 Å². The first-order valence-corrected chi connectivity index (χ1v) is 7.44. The number of aromatic nitrogens is 3. The first kappa shape index (κ1) is 13.0. The smallest absolute Gasteiger partial charge is 0.257 e. The zero-order valence-corrected chi connectivity index (χ0v) is 12.3. The monoisotopic (exact) mass is 292 g/mol. The van der Waals surface area contributed by atoms with Crippen LogP contribution in [0.5, 0.6) is 0 Å². The normalized spacial score (nSPS) is 14.2. The van der Waals surface area contributed by atoms with E-state index in [1.807, 2.05) is 43.3 Å². The summed E-state index contributed by atoms with van der Waals surface area (Å²) in [4.78, 5) is 17.0. The summed E-state index contributed by atoms with van der Waals surface area (Å²) in [6, 6.07) is 11.4. The lowest BCUT2D eigenvalue weighted by molar-refractivity contribution is 0.102. The number of pyridine rings is 1. The molecule has 1 saturated carbocycles. The van der Waals surface area contributed by atoms with Crippen molar-refractivity contribution >= 4 is 22.6 Å². The molecule has 22 heavy (non-hydrogen) atoms. The predicted molar refractivity (Wildman–Crippen MR) is 85.0 cm³/mol. The molecule has 0 atom stereocenters. The quantitative estimate of drug-likeness (QED) is 0.777. The van der Waals surface area contributed by atoms with Gasteiger partial charge in [-0.25, -0.2) is 0 Å². The minimum absolute atomic E-state index is 0.157. The number of nitrogens with zero attached hydrogens (tertiary/aromatic N) is 2. The summed E-state index contributed by atoms with van der Waals surface area (Å²) >= 11 is 0. The third-order valence-corrected chi connectivity index (χ3v) is 3.95. The molecule has 3 aromatic rings. The van der Waals surface area contributed by atoms with E-state index in [4.69, 9.17) is 0 Å². The van der Waals surface area contributed by atoms with Crippen LogP contribution in [0.15, 0.2) is 36.4 Å².